The Balaban J connectivity index is 1.66. The van der Waals surface area contributed by atoms with Crippen molar-refractivity contribution < 1.29 is 26.7 Å². The number of halogens is 2. The van der Waals surface area contributed by atoms with Crippen LogP contribution in [0.4, 0.5) is 8.78 Å². The van der Waals surface area contributed by atoms with Crippen LogP contribution in [0, 0.1) is 11.6 Å². The summed E-state index contributed by atoms with van der Waals surface area (Å²) in [6, 6.07) is 8.14. The quantitative estimate of drug-likeness (QED) is 0.729. The molecule has 1 aliphatic rings. The Labute approximate surface area is 156 Å². The summed E-state index contributed by atoms with van der Waals surface area (Å²) in [4.78, 5) is 11.7. The Hall–Kier alpha value is -2.32. The van der Waals surface area contributed by atoms with E-state index >= 15 is 0 Å². The molecule has 2 aromatic carbocycles. The van der Waals surface area contributed by atoms with Crippen molar-refractivity contribution in [2.45, 2.75) is 36.7 Å². The van der Waals surface area contributed by atoms with Gasteiger partial charge in [-0.1, -0.05) is 0 Å². The highest BCUT2D eigenvalue weighted by atomic mass is 32.2. The second kappa shape index (κ2) is 8.14. The molecule has 3 rings (SSSR count). The lowest BCUT2D eigenvalue weighted by Crippen LogP contribution is -2.29. The van der Waals surface area contributed by atoms with E-state index in [1.807, 2.05) is 0 Å². The minimum Gasteiger partial charge on any atom is -0.487 e. The molecule has 0 spiro atoms. The Morgan fingerprint density at radius 2 is 1.74 bits per heavy atom. The van der Waals surface area contributed by atoms with Gasteiger partial charge in [-0.3, -0.25) is 4.79 Å². The van der Waals surface area contributed by atoms with Gasteiger partial charge in [0.1, 0.15) is 5.82 Å². The van der Waals surface area contributed by atoms with Gasteiger partial charge in [0.2, 0.25) is 10.0 Å². The van der Waals surface area contributed by atoms with Crippen LogP contribution < -0.4 is 9.46 Å². The number of hydrogen-bond acceptors (Lipinski definition) is 4. The van der Waals surface area contributed by atoms with Crippen molar-refractivity contribution in [1.29, 1.82) is 0 Å². The normalized spacial score (nSPS) is 15.0. The van der Waals surface area contributed by atoms with Gasteiger partial charge in [-0.15, -0.1) is 0 Å². The highest BCUT2D eigenvalue weighted by Crippen LogP contribution is 2.27. The van der Waals surface area contributed by atoms with E-state index in [0.717, 1.165) is 43.9 Å². The van der Waals surface area contributed by atoms with Crippen LogP contribution in [0.2, 0.25) is 0 Å². The smallest absolute Gasteiger partial charge is 0.241 e. The summed E-state index contributed by atoms with van der Waals surface area (Å²) >= 11 is 0. The van der Waals surface area contributed by atoms with E-state index in [9.17, 15) is 22.0 Å². The molecule has 0 aliphatic heterocycles. The molecule has 5 nitrogen and oxygen atoms in total. The molecule has 0 bridgehead atoms. The molecule has 0 amide bonds. The number of Topliss-reactive ketones (excluding diaryl/α,β-unsaturated/α-hetero) is 1. The molecule has 1 aliphatic carbocycles. The lowest BCUT2D eigenvalue weighted by atomic mass is 10.1. The molecule has 0 aromatic heterocycles. The van der Waals surface area contributed by atoms with Crippen LogP contribution in [0.1, 0.15) is 36.0 Å². The molecule has 27 heavy (non-hydrogen) atoms. The molecule has 0 radical (unpaired) electrons. The van der Waals surface area contributed by atoms with Crippen molar-refractivity contribution >= 4 is 15.8 Å². The Morgan fingerprint density at radius 1 is 1.07 bits per heavy atom. The second-order valence-electron chi connectivity index (χ2n) is 6.37. The van der Waals surface area contributed by atoms with E-state index in [1.54, 1.807) is 0 Å². The van der Waals surface area contributed by atoms with Crippen molar-refractivity contribution in [3.05, 3.63) is 59.7 Å². The highest BCUT2D eigenvalue weighted by Gasteiger charge is 2.21. The monoisotopic (exact) mass is 395 g/mol. The number of hydrogen-bond donors (Lipinski definition) is 1. The molecule has 1 N–H and O–H groups in total. The van der Waals surface area contributed by atoms with Gasteiger partial charge in [0, 0.05) is 5.56 Å². The summed E-state index contributed by atoms with van der Waals surface area (Å²) in [5.74, 6) is -1.78. The van der Waals surface area contributed by atoms with E-state index in [-0.39, 0.29) is 22.3 Å². The maximum absolute atomic E-state index is 14.2. The fourth-order valence-electron chi connectivity index (χ4n) is 2.91. The third kappa shape index (κ3) is 4.90. The van der Waals surface area contributed by atoms with Gasteiger partial charge in [-0.05, 0) is 68.1 Å². The first-order valence-corrected chi connectivity index (χ1v) is 10.1. The van der Waals surface area contributed by atoms with E-state index in [1.165, 1.54) is 24.3 Å². The van der Waals surface area contributed by atoms with Crippen molar-refractivity contribution in [2.24, 2.45) is 0 Å². The number of carbonyl (C=O) groups is 1. The van der Waals surface area contributed by atoms with Crippen LogP contribution in [-0.4, -0.2) is 26.8 Å². The Morgan fingerprint density at radius 3 is 2.37 bits per heavy atom. The zero-order valence-electron chi connectivity index (χ0n) is 14.5. The summed E-state index contributed by atoms with van der Waals surface area (Å²) in [6.07, 6.45) is 3.72. The van der Waals surface area contributed by atoms with Gasteiger partial charge in [-0.25, -0.2) is 21.9 Å². The lowest BCUT2D eigenvalue weighted by Gasteiger charge is -2.14. The number of rotatable bonds is 7. The van der Waals surface area contributed by atoms with Gasteiger partial charge >= 0.3 is 0 Å². The third-order valence-electron chi connectivity index (χ3n) is 4.40. The summed E-state index contributed by atoms with van der Waals surface area (Å²) < 4.78 is 59.4. The molecule has 144 valence electrons. The summed E-state index contributed by atoms with van der Waals surface area (Å²) in [5, 5.41) is 0. The number of sulfonamides is 1. The van der Waals surface area contributed by atoms with Crippen LogP contribution in [0.5, 0.6) is 5.75 Å². The highest BCUT2D eigenvalue weighted by molar-refractivity contribution is 7.89. The average molecular weight is 395 g/mol. The van der Waals surface area contributed by atoms with E-state index in [4.69, 9.17) is 4.74 Å². The SMILES string of the molecule is O=C(CNS(=O)(=O)c1ccc(OC2CCCC2)c(F)c1)c1ccc(F)cc1. The van der Waals surface area contributed by atoms with Crippen LogP contribution in [0.3, 0.4) is 0 Å². The molecule has 0 atom stereocenters. The molecule has 0 unspecified atom stereocenters. The Kier molecular flexibility index (Phi) is 5.86. The van der Waals surface area contributed by atoms with E-state index in [0.29, 0.717) is 0 Å². The molecule has 1 saturated carbocycles. The van der Waals surface area contributed by atoms with Gasteiger partial charge in [0.05, 0.1) is 17.5 Å². The maximum Gasteiger partial charge on any atom is 0.241 e. The summed E-state index contributed by atoms with van der Waals surface area (Å²) in [7, 11) is -4.08. The Bertz CT molecular complexity index is 923. The summed E-state index contributed by atoms with van der Waals surface area (Å²) in [6.45, 7) is -0.518. The predicted molar refractivity (Wildman–Crippen MR) is 95.2 cm³/mol. The largest absolute Gasteiger partial charge is 0.487 e. The molecular formula is C19H19F2NO4S. The van der Waals surface area contributed by atoms with Crippen molar-refractivity contribution in [3.8, 4) is 5.75 Å². The van der Waals surface area contributed by atoms with Crippen molar-refractivity contribution in [3.63, 3.8) is 0 Å². The van der Waals surface area contributed by atoms with Crippen LogP contribution >= 0.6 is 0 Å². The molecule has 0 saturated heterocycles. The maximum atomic E-state index is 14.2. The van der Waals surface area contributed by atoms with Crippen molar-refractivity contribution in [2.75, 3.05) is 6.54 Å². The van der Waals surface area contributed by atoms with Crippen LogP contribution in [-0.2, 0) is 10.0 Å². The number of ether oxygens (including phenoxy) is 1. The van der Waals surface area contributed by atoms with Gasteiger partial charge in [-0.2, -0.15) is 0 Å². The summed E-state index contributed by atoms with van der Waals surface area (Å²) in [5.41, 5.74) is 0.172. The first-order chi connectivity index (χ1) is 12.8. The molecule has 8 heteroatoms. The first kappa shape index (κ1) is 19.4. The zero-order chi connectivity index (χ0) is 19.4. The number of carbonyl (C=O) groups excluding carboxylic acids is 1. The van der Waals surface area contributed by atoms with E-state index in [2.05, 4.69) is 4.72 Å². The zero-order valence-corrected chi connectivity index (χ0v) is 15.3. The number of nitrogens with one attached hydrogen (secondary N) is 1. The number of ketones is 1. The average Bonchev–Trinajstić information content (AvgIpc) is 3.15. The standard InChI is InChI=1S/C19H19F2NO4S/c20-14-7-5-13(6-8-14)18(23)12-22-27(24,25)16-9-10-19(17(21)11-16)26-15-3-1-2-4-15/h5-11,15,22H,1-4,12H2. The van der Waals surface area contributed by atoms with Gasteiger partial charge in [0.25, 0.3) is 0 Å². The molecule has 2 aromatic rings. The minimum absolute atomic E-state index is 0.0169. The molecular weight excluding hydrogens is 376 g/mol. The van der Waals surface area contributed by atoms with Crippen LogP contribution in [0.15, 0.2) is 47.4 Å². The van der Waals surface area contributed by atoms with Gasteiger partial charge in [0.15, 0.2) is 17.3 Å². The van der Waals surface area contributed by atoms with E-state index < -0.39 is 34.0 Å². The van der Waals surface area contributed by atoms with Crippen molar-refractivity contribution in [1.82, 2.24) is 4.72 Å². The third-order valence-corrected chi connectivity index (χ3v) is 5.80. The van der Waals surface area contributed by atoms with Gasteiger partial charge < -0.3 is 4.74 Å². The second-order valence-corrected chi connectivity index (χ2v) is 8.14. The van der Waals surface area contributed by atoms with Crippen LogP contribution in [0.25, 0.3) is 0 Å². The number of benzene rings is 2. The first-order valence-electron chi connectivity index (χ1n) is 8.60. The fourth-order valence-corrected chi connectivity index (χ4v) is 3.91. The lowest BCUT2D eigenvalue weighted by molar-refractivity contribution is 0.0997. The molecule has 0 heterocycles. The topological polar surface area (TPSA) is 72.5 Å². The molecule has 1 fully saturated rings. The predicted octanol–water partition coefficient (Wildman–Crippen LogP) is 3.45. The fraction of sp³-hybridized carbons (Fsp3) is 0.316. The minimum atomic E-state index is -4.08.